The van der Waals surface area contributed by atoms with Gasteiger partial charge in [0.05, 0.1) is 11.9 Å². The predicted octanol–water partition coefficient (Wildman–Crippen LogP) is 3.34. The molecule has 1 N–H and O–H groups in total. The molecule has 0 bridgehead atoms. The fraction of sp³-hybridized carbons (Fsp3) is 0.0526. The fourth-order valence-electron chi connectivity index (χ4n) is 2.13. The number of nitrogens with zero attached hydrogens (tertiary/aromatic N) is 2. The van der Waals surface area contributed by atoms with Crippen LogP contribution in [0.5, 0.6) is 11.6 Å². The Bertz CT molecular complexity index is 999. The number of rotatable bonds is 6. The normalized spacial score (nSPS) is 10.2. The highest BCUT2D eigenvalue weighted by atomic mass is 19.1. The van der Waals surface area contributed by atoms with Crippen LogP contribution >= 0.6 is 0 Å². The van der Waals surface area contributed by atoms with Gasteiger partial charge in [-0.3, -0.25) is 9.78 Å². The van der Waals surface area contributed by atoms with Gasteiger partial charge < -0.3 is 14.8 Å². The number of ether oxygens (including phenoxy) is 2. The van der Waals surface area contributed by atoms with Crippen LogP contribution in [-0.4, -0.2) is 28.5 Å². The Kier molecular flexibility index (Phi) is 5.85. The van der Waals surface area contributed by atoms with Gasteiger partial charge in [-0.2, -0.15) is 0 Å². The van der Waals surface area contributed by atoms with Crippen LogP contribution in [-0.2, 0) is 9.53 Å². The molecule has 2 heterocycles. The second-order valence-corrected chi connectivity index (χ2v) is 5.40. The number of halogens is 2. The van der Waals surface area contributed by atoms with Gasteiger partial charge in [0.25, 0.3) is 5.91 Å². The summed E-state index contributed by atoms with van der Waals surface area (Å²) >= 11 is 0. The molecule has 9 heteroatoms. The topological polar surface area (TPSA) is 90.4 Å². The van der Waals surface area contributed by atoms with Crippen molar-refractivity contribution in [1.82, 2.24) is 9.97 Å². The highest BCUT2D eigenvalue weighted by Crippen LogP contribution is 2.22. The standard InChI is InChI=1S/C19H13F2N3O4/c20-12-5-6-16(15(21)9-12)24-17(25)11-27-19(26)14-4-2-8-23-18(14)28-13-3-1-7-22-10-13/h1-10H,11H2,(H,24,25). The molecular weight excluding hydrogens is 372 g/mol. The predicted molar refractivity (Wildman–Crippen MR) is 93.8 cm³/mol. The minimum absolute atomic E-state index is 0.00730. The van der Waals surface area contributed by atoms with Crippen LogP contribution in [0.1, 0.15) is 10.4 Å². The lowest BCUT2D eigenvalue weighted by molar-refractivity contribution is -0.119. The number of pyridine rings is 2. The van der Waals surface area contributed by atoms with Crippen molar-refractivity contribution in [2.75, 3.05) is 11.9 Å². The second-order valence-electron chi connectivity index (χ2n) is 5.40. The van der Waals surface area contributed by atoms with Gasteiger partial charge in [-0.25, -0.2) is 18.6 Å². The molecule has 0 radical (unpaired) electrons. The van der Waals surface area contributed by atoms with Gasteiger partial charge in [0, 0.05) is 18.5 Å². The van der Waals surface area contributed by atoms with E-state index in [1.807, 2.05) is 0 Å². The van der Waals surface area contributed by atoms with E-state index in [-0.39, 0.29) is 17.1 Å². The van der Waals surface area contributed by atoms with Crippen molar-refractivity contribution in [2.24, 2.45) is 0 Å². The van der Waals surface area contributed by atoms with E-state index in [2.05, 4.69) is 15.3 Å². The third-order valence-corrected chi connectivity index (χ3v) is 3.38. The summed E-state index contributed by atoms with van der Waals surface area (Å²) < 4.78 is 36.8. The molecule has 7 nitrogen and oxygen atoms in total. The molecule has 0 spiro atoms. The first-order valence-corrected chi connectivity index (χ1v) is 7.98. The van der Waals surface area contributed by atoms with Crippen molar-refractivity contribution in [2.45, 2.75) is 0 Å². The van der Waals surface area contributed by atoms with Gasteiger partial charge in [-0.15, -0.1) is 0 Å². The van der Waals surface area contributed by atoms with Crippen molar-refractivity contribution in [3.05, 3.63) is 78.3 Å². The lowest BCUT2D eigenvalue weighted by atomic mass is 10.2. The van der Waals surface area contributed by atoms with Crippen LogP contribution in [0.2, 0.25) is 0 Å². The van der Waals surface area contributed by atoms with Gasteiger partial charge in [0.1, 0.15) is 22.9 Å². The third-order valence-electron chi connectivity index (χ3n) is 3.38. The molecule has 0 unspecified atom stereocenters. The van der Waals surface area contributed by atoms with E-state index in [4.69, 9.17) is 9.47 Å². The number of nitrogens with one attached hydrogen (secondary N) is 1. The molecule has 2 aromatic heterocycles. The monoisotopic (exact) mass is 385 g/mol. The number of esters is 1. The summed E-state index contributed by atoms with van der Waals surface area (Å²) in [5, 5.41) is 2.19. The van der Waals surface area contributed by atoms with Crippen LogP contribution in [0.4, 0.5) is 14.5 Å². The van der Waals surface area contributed by atoms with Crippen LogP contribution in [0.25, 0.3) is 0 Å². The Morgan fingerprint density at radius 1 is 1.07 bits per heavy atom. The largest absolute Gasteiger partial charge is 0.452 e. The number of carbonyl (C=O) groups excluding carboxylic acids is 2. The summed E-state index contributed by atoms with van der Waals surface area (Å²) in [6.07, 6.45) is 4.42. The van der Waals surface area contributed by atoms with Crippen LogP contribution in [0.3, 0.4) is 0 Å². The minimum atomic E-state index is -0.945. The Balaban J connectivity index is 1.62. The molecule has 0 atom stereocenters. The molecule has 1 amide bonds. The summed E-state index contributed by atoms with van der Waals surface area (Å²) in [4.78, 5) is 32.0. The highest BCUT2D eigenvalue weighted by Gasteiger charge is 2.18. The zero-order valence-corrected chi connectivity index (χ0v) is 14.3. The lowest BCUT2D eigenvalue weighted by Gasteiger charge is -2.10. The van der Waals surface area contributed by atoms with Gasteiger partial charge in [-0.1, -0.05) is 0 Å². The molecule has 3 rings (SSSR count). The first-order chi connectivity index (χ1) is 13.5. The summed E-state index contributed by atoms with van der Waals surface area (Å²) in [5.74, 6) is -3.04. The average molecular weight is 385 g/mol. The second kappa shape index (κ2) is 8.67. The Hall–Kier alpha value is -3.88. The number of benzene rings is 1. The first kappa shape index (κ1) is 18.9. The van der Waals surface area contributed by atoms with Crippen molar-refractivity contribution in [1.29, 1.82) is 0 Å². The molecule has 0 aliphatic carbocycles. The smallest absolute Gasteiger partial charge is 0.344 e. The molecule has 3 aromatic rings. The number of anilines is 1. The maximum absolute atomic E-state index is 13.5. The van der Waals surface area contributed by atoms with E-state index in [0.717, 1.165) is 12.1 Å². The number of amides is 1. The molecule has 0 aliphatic heterocycles. The van der Waals surface area contributed by atoms with E-state index in [9.17, 15) is 18.4 Å². The Labute approximate surface area is 158 Å². The molecule has 28 heavy (non-hydrogen) atoms. The SMILES string of the molecule is O=C(COC(=O)c1cccnc1Oc1cccnc1)Nc1ccc(F)cc1F. The average Bonchev–Trinajstić information content (AvgIpc) is 2.69. The first-order valence-electron chi connectivity index (χ1n) is 7.98. The Morgan fingerprint density at radius 2 is 1.89 bits per heavy atom. The number of hydrogen-bond donors (Lipinski definition) is 1. The van der Waals surface area contributed by atoms with Crippen molar-refractivity contribution < 1.29 is 27.8 Å². The number of aromatic nitrogens is 2. The zero-order chi connectivity index (χ0) is 19.9. The van der Waals surface area contributed by atoms with Crippen LogP contribution < -0.4 is 10.1 Å². The van der Waals surface area contributed by atoms with E-state index >= 15 is 0 Å². The Morgan fingerprint density at radius 3 is 2.64 bits per heavy atom. The molecule has 142 valence electrons. The summed E-state index contributed by atoms with van der Waals surface area (Å²) in [7, 11) is 0. The highest BCUT2D eigenvalue weighted by molar-refractivity contribution is 5.96. The third kappa shape index (κ3) is 4.85. The van der Waals surface area contributed by atoms with Gasteiger partial charge in [-0.05, 0) is 36.4 Å². The van der Waals surface area contributed by atoms with Crippen molar-refractivity contribution >= 4 is 17.6 Å². The van der Waals surface area contributed by atoms with Gasteiger partial charge in [0.2, 0.25) is 5.88 Å². The van der Waals surface area contributed by atoms with Crippen molar-refractivity contribution in [3.63, 3.8) is 0 Å². The zero-order valence-electron chi connectivity index (χ0n) is 14.3. The molecule has 0 fully saturated rings. The summed E-state index contributed by atoms with van der Waals surface area (Å²) in [6.45, 7) is -0.684. The molecule has 0 saturated heterocycles. The molecule has 1 aromatic carbocycles. The van der Waals surface area contributed by atoms with Crippen LogP contribution in [0.15, 0.2) is 61.1 Å². The maximum Gasteiger partial charge on any atom is 0.344 e. The van der Waals surface area contributed by atoms with E-state index < -0.39 is 30.1 Å². The lowest BCUT2D eigenvalue weighted by Crippen LogP contribution is -2.21. The summed E-state index contributed by atoms with van der Waals surface area (Å²) in [5.41, 5.74) is -0.239. The number of carbonyl (C=O) groups is 2. The van der Waals surface area contributed by atoms with Crippen molar-refractivity contribution in [3.8, 4) is 11.6 Å². The molecule has 0 aliphatic rings. The minimum Gasteiger partial charge on any atom is -0.452 e. The van der Waals surface area contributed by atoms with Gasteiger partial charge in [0.15, 0.2) is 6.61 Å². The van der Waals surface area contributed by atoms with E-state index in [1.54, 1.807) is 18.3 Å². The number of hydrogen-bond acceptors (Lipinski definition) is 6. The van der Waals surface area contributed by atoms with E-state index in [1.165, 1.54) is 24.5 Å². The fourth-order valence-corrected chi connectivity index (χ4v) is 2.13. The summed E-state index contributed by atoms with van der Waals surface area (Å²) in [6, 6.07) is 8.86. The van der Waals surface area contributed by atoms with E-state index in [0.29, 0.717) is 11.8 Å². The molecular formula is C19H13F2N3O4. The maximum atomic E-state index is 13.5. The van der Waals surface area contributed by atoms with Gasteiger partial charge >= 0.3 is 5.97 Å². The molecule has 0 saturated carbocycles. The quantitative estimate of drug-likeness (QED) is 0.655. The van der Waals surface area contributed by atoms with Crippen LogP contribution in [0, 0.1) is 11.6 Å².